The van der Waals surface area contributed by atoms with E-state index in [2.05, 4.69) is 11.1 Å². The Labute approximate surface area is 163 Å². The van der Waals surface area contributed by atoms with Gasteiger partial charge in [0.05, 0.1) is 6.61 Å². The van der Waals surface area contributed by atoms with Crippen molar-refractivity contribution in [3.63, 3.8) is 0 Å². The molecule has 0 amide bonds. The number of aliphatic hydroxyl groups is 3. The molecule has 1 aromatic heterocycles. The Morgan fingerprint density at radius 2 is 2.07 bits per heavy atom. The van der Waals surface area contributed by atoms with Crippen LogP contribution in [0.25, 0.3) is 0 Å². The van der Waals surface area contributed by atoms with E-state index in [1.165, 1.54) is 22.4 Å². The van der Waals surface area contributed by atoms with E-state index < -0.39 is 30.6 Å². The molecule has 2 heterocycles. The first-order chi connectivity index (χ1) is 12.7. The normalized spacial score (nSPS) is 28.4. The first-order valence-corrected chi connectivity index (χ1v) is 9.38. The van der Waals surface area contributed by atoms with Crippen molar-refractivity contribution in [1.29, 1.82) is 0 Å². The molecule has 7 nitrogen and oxygen atoms in total. The lowest BCUT2D eigenvalue weighted by molar-refractivity contribution is -0.147. The minimum Gasteiger partial charge on any atom is -0.394 e. The Morgan fingerprint density at radius 1 is 1.37 bits per heavy atom. The summed E-state index contributed by atoms with van der Waals surface area (Å²) in [4.78, 5) is 14.0. The molecule has 1 aliphatic heterocycles. The van der Waals surface area contributed by atoms with Gasteiger partial charge in [-0.25, -0.2) is 0 Å². The number of ether oxygens (including phenoxy) is 1. The van der Waals surface area contributed by atoms with Crippen LogP contribution in [-0.2, 0) is 10.5 Å². The molecule has 0 aromatic carbocycles. The van der Waals surface area contributed by atoms with Crippen LogP contribution in [0.2, 0.25) is 0 Å². The second-order valence-electron chi connectivity index (χ2n) is 7.17. The largest absolute Gasteiger partial charge is 0.394 e. The highest BCUT2D eigenvalue weighted by molar-refractivity contribution is 7.71. The van der Waals surface area contributed by atoms with Crippen LogP contribution < -0.4 is 5.56 Å². The van der Waals surface area contributed by atoms with E-state index in [0.29, 0.717) is 0 Å². The second-order valence-corrected chi connectivity index (χ2v) is 7.56. The lowest BCUT2D eigenvalue weighted by atomic mass is 9.97. The van der Waals surface area contributed by atoms with Crippen LogP contribution in [0, 0.1) is 4.77 Å². The number of nitrogens with one attached hydrogen (secondary N) is 1. The maximum Gasteiger partial charge on any atom is 0.251 e. The minimum atomic E-state index is -1.41. The number of aromatic nitrogens is 2. The van der Waals surface area contributed by atoms with Crippen molar-refractivity contribution < 1.29 is 20.1 Å². The van der Waals surface area contributed by atoms with Gasteiger partial charge in [-0.05, 0) is 45.8 Å². The molecule has 0 bridgehead atoms. The highest BCUT2D eigenvalue weighted by atomic mass is 32.1. The first kappa shape index (κ1) is 21.7. The third-order valence-electron chi connectivity index (χ3n) is 4.77. The second kappa shape index (κ2) is 9.07. The van der Waals surface area contributed by atoms with Crippen molar-refractivity contribution in [2.75, 3.05) is 6.61 Å². The highest BCUT2D eigenvalue weighted by Gasteiger charge is 2.54. The Hall–Kier alpha value is -1.58. The van der Waals surface area contributed by atoms with E-state index in [9.17, 15) is 20.1 Å². The summed E-state index contributed by atoms with van der Waals surface area (Å²) in [7, 11) is 0. The Bertz CT molecular complexity index is 824. The van der Waals surface area contributed by atoms with Crippen LogP contribution in [-0.4, -0.2) is 49.8 Å². The van der Waals surface area contributed by atoms with Crippen LogP contribution in [0.4, 0.5) is 0 Å². The third-order valence-corrected chi connectivity index (χ3v) is 5.07. The van der Waals surface area contributed by atoms with E-state index in [-0.39, 0.29) is 16.8 Å². The van der Waals surface area contributed by atoms with E-state index >= 15 is 0 Å². The summed E-state index contributed by atoms with van der Waals surface area (Å²) in [5.41, 5.74) is 0.570. The molecular weight excluding hydrogens is 368 g/mol. The molecule has 0 saturated carbocycles. The van der Waals surface area contributed by atoms with Crippen LogP contribution >= 0.6 is 12.2 Å². The van der Waals surface area contributed by atoms with Gasteiger partial charge in [0.15, 0.2) is 10.5 Å². The highest BCUT2D eigenvalue weighted by Crippen LogP contribution is 2.39. The molecule has 0 spiro atoms. The maximum absolute atomic E-state index is 11.5. The number of H-pyrrole nitrogens is 1. The summed E-state index contributed by atoms with van der Waals surface area (Å²) in [6.07, 6.45) is 3.94. The zero-order valence-electron chi connectivity index (χ0n) is 15.9. The van der Waals surface area contributed by atoms with Crippen LogP contribution in [0.15, 0.2) is 40.4 Å². The van der Waals surface area contributed by atoms with Crippen molar-refractivity contribution in [1.82, 2.24) is 9.55 Å². The fourth-order valence-electron chi connectivity index (χ4n) is 3.21. The molecule has 27 heavy (non-hydrogen) atoms. The molecule has 150 valence electrons. The Kier molecular flexibility index (Phi) is 7.30. The van der Waals surface area contributed by atoms with Gasteiger partial charge in [-0.15, -0.1) is 0 Å². The smallest absolute Gasteiger partial charge is 0.251 e. The molecule has 0 radical (unpaired) electrons. The Balaban J connectivity index is 2.38. The lowest BCUT2D eigenvalue weighted by Crippen LogP contribution is -2.46. The number of nitrogens with zero attached hydrogens (tertiary/aromatic N) is 1. The number of hydrogen-bond acceptors (Lipinski definition) is 6. The predicted octanol–water partition coefficient (Wildman–Crippen LogP) is 1.75. The molecule has 1 fully saturated rings. The van der Waals surface area contributed by atoms with Gasteiger partial charge in [-0.3, -0.25) is 14.3 Å². The molecule has 1 saturated heterocycles. The number of hydrogen-bond donors (Lipinski definition) is 4. The summed E-state index contributed by atoms with van der Waals surface area (Å²) < 4.78 is 7.40. The summed E-state index contributed by atoms with van der Waals surface area (Å²) in [6.45, 7) is 5.64. The van der Waals surface area contributed by atoms with Gasteiger partial charge in [-0.1, -0.05) is 23.3 Å². The van der Waals surface area contributed by atoms with Crippen molar-refractivity contribution in [3.8, 4) is 0 Å². The van der Waals surface area contributed by atoms with Gasteiger partial charge >= 0.3 is 0 Å². The SMILES string of the molecule is CC(C)=CCC/C(C)=C/C[C@@]1(n2ccc(=O)[nH]c2=S)O[C@H](CO)[C@@H](O)[C@H]1O. The number of aliphatic hydroxyl groups excluding tert-OH is 3. The number of rotatable bonds is 7. The van der Waals surface area contributed by atoms with E-state index in [0.717, 1.165) is 18.4 Å². The quantitative estimate of drug-likeness (QED) is 0.413. The first-order valence-electron chi connectivity index (χ1n) is 8.97. The Morgan fingerprint density at radius 3 is 2.63 bits per heavy atom. The van der Waals surface area contributed by atoms with Crippen LogP contribution in [0.1, 0.15) is 40.0 Å². The predicted molar refractivity (Wildman–Crippen MR) is 105 cm³/mol. The summed E-state index contributed by atoms with van der Waals surface area (Å²) >= 11 is 5.24. The molecule has 2 rings (SSSR count). The molecular formula is C19H28N2O5S. The summed E-state index contributed by atoms with van der Waals surface area (Å²) in [5.74, 6) is 0. The van der Waals surface area contributed by atoms with Crippen molar-refractivity contribution in [2.24, 2.45) is 0 Å². The summed E-state index contributed by atoms with van der Waals surface area (Å²) in [6, 6.07) is 1.28. The monoisotopic (exact) mass is 396 g/mol. The maximum atomic E-state index is 11.5. The molecule has 1 aromatic rings. The van der Waals surface area contributed by atoms with Gasteiger partial charge in [0.2, 0.25) is 0 Å². The van der Waals surface area contributed by atoms with Gasteiger partial charge in [0.1, 0.15) is 18.3 Å². The number of allylic oxidation sites excluding steroid dienone is 3. The van der Waals surface area contributed by atoms with Crippen LogP contribution in [0.3, 0.4) is 0 Å². The van der Waals surface area contributed by atoms with Crippen LogP contribution in [0.5, 0.6) is 0 Å². The molecule has 0 aliphatic carbocycles. The van der Waals surface area contributed by atoms with Crippen molar-refractivity contribution in [3.05, 3.63) is 50.7 Å². The average Bonchev–Trinajstić information content (AvgIpc) is 2.85. The molecule has 8 heteroatoms. The van der Waals surface area contributed by atoms with Gasteiger partial charge in [-0.2, -0.15) is 0 Å². The van der Waals surface area contributed by atoms with E-state index in [1.54, 1.807) is 0 Å². The van der Waals surface area contributed by atoms with Crippen molar-refractivity contribution in [2.45, 2.75) is 64.1 Å². The molecule has 0 unspecified atom stereocenters. The molecule has 1 aliphatic rings. The van der Waals surface area contributed by atoms with Gasteiger partial charge < -0.3 is 20.1 Å². The zero-order chi connectivity index (χ0) is 20.2. The summed E-state index contributed by atoms with van der Waals surface area (Å²) in [5, 5.41) is 30.5. The fourth-order valence-corrected chi connectivity index (χ4v) is 3.53. The van der Waals surface area contributed by atoms with E-state index in [1.807, 2.05) is 26.8 Å². The average molecular weight is 397 g/mol. The van der Waals surface area contributed by atoms with Gasteiger partial charge in [0, 0.05) is 18.7 Å². The fraction of sp³-hybridized carbons (Fsp3) is 0.579. The molecule has 4 atom stereocenters. The van der Waals surface area contributed by atoms with E-state index in [4.69, 9.17) is 17.0 Å². The standard InChI is InChI=1S/C19H28N2O5S/c1-12(2)5-4-6-13(3)7-9-19(17(25)16(24)14(11-22)26-19)21-10-8-15(23)20-18(21)27/h5,7-8,10,14,16-17,22,24-25H,4,6,9,11H2,1-3H3,(H,20,23,27)/b13-7+/t14-,16-,17-,19-/m1/s1. The zero-order valence-corrected chi connectivity index (χ0v) is 16.7. The van der Waals surface area contributed by atoms with Gasteiger partial charge in [0.25, 0.3) is 5.56 Å². The third kappa shape index (κ3) is 4.83. The molecule has 4 N–H and O–H groups in total. The topological polar surface area (TPSA) is 108 Å². The minimum absolute atomic E-state index is 0.0722. The van der Waals surface area contributed by atoms with Crippen molar-refractivity contribution >= 4 is 12.2 Å². The number of aromatic amines is 1. The lowest BCUT2D eigenvalue weighted by Gasteiger charge is -2.34.